The molecule has 1 aromatic rings. The van der Waals surface area contributed by atoms with Gasteiger partial charge >= 0.3 is 0 Å². The first-order valence-electron chi connectivity index (χ1n) is 7.78. The van der Waals surface area contributed by atoms with Crippen LogP contribution in [0.15, 0.2) is 29.2 Å². The van der Waals surface area contributed by atoms with Gasteiger partial charge in [-0.25, -0.2) is 21.9 Å². The fraction of sp³-hybridized carbons (Fsp3) is 0.533. The molecule has 1 fully saturated rings. The molecule has 0 unspecified atom stereocenters. The number of alkyl halides is 2. The molecule has 0 aromatic heterocycles. The van der Waals surface area contributed by atoms with Crippen LogP contribution >= 0.6 is 0 Å². The number of carbonyl (C=O) groups is 1. The van der Waals surface area contributed by atoms with E-state index >= 15 is 0 Å². The van der Waals surface area contributed by atoms with E-state index in [1.54, 1.807) is 4.72 Å². The first-order valence-corrected chi connectivity index (χ1v) is 9.26. The molecule has 6 nitrogen and oxygen atoms in total. The van der Waals surface area contributed by atoms with Crippen molar-refractivity contribution in [1.29, 1.82) is 0 Å². The third-order valence-electron chi connectivity index (χ3n) is 3.80. The van der Waals surface area contributed by atoms with Gasteiger partial charge in [-0.3, -0.25) is 4.79 Å². The van der Waals surface area contributed by atoms with Crippen molar-refractivity contribution in [3.05, 3.63) is 29.8 Å². The van der Waals surface area contributed by atoms with E-state index in [9.17, 15) is 22.0 Å². The molecule has 24 heavy (non-hydrogen) atoms. The number of nitrogens with one attached hydrogen (secondary N) is 3. The Kier molecular flexibility index (Phi) is 6.64. The summed E-state index contributed by atoms with van der Waals surface area (Å²) < 4.78 is 49.6. The molecule has 1 aromatic carbocycles. The molecule has 0 radical (unpaired) electrons. The topological polar surface area (TPSA) is 87.3 Å². The van der Waals surface area contributed by atoms with Gasteiger partial charge in [-0.15, -0.1) is 0 Å². The lowest BCUT2D eigenvalue weighted by atomic mass is 10.1. The zero-order valence-corrected chi connectivity index (χ0v) is 13.9. The predicted molar refractivity (Wildman–Crippen MR) is 85.6 cm³/mol. The van der Waals surface area contributed by atoms with Crippen molar-refractivity contribution >= 4 is 15.9 Å². The van der Waals surface area contributed by atoms with Crippen molar-refractivity contribution in [1.82, 2.24) is 15.4 Å². The molecule has 2 rings (SSSR count). The van der Waals surface area contributed by atoms with Gasteiger partial charge in [0, 0.05) is 18.2 Å². The molecule has 9 heteroatoms. The fourth-order valence-corrected chi connectivity index (χ4v) is 3.51. The zero-order valence-electron chi connectivity index (χ0n) is 13.1. The molecular formula is C15H21F2N3O3S. The average Bonchev–Trinajstić information content (AvgIpc) is 3.06. The number of sulfonamides is 1. The van der Waals surface area contributed by atoms with Gasteiger partial charge in [0.05, 0.1) is 11.4 Å². The van der Waals surface area contributed by atoms with Crippen LogP contribution in [-0.2, 0) is 10.0 Å². The highest BCUT2D eigenvalue weighted by Crippen LogP contribution is 2.11. The smallest absolute Gasteiger partial charge is 0.251 e. The quantitative estimate of drug-likeness (QED) is 0.647. The molecule has 1 atom stereocenters. The van der Waals surface area contributed by atoms with E-state index in [0.717, 1.165) is 25.8 Å². The standard InChI is InChI=1S/C15H21F2N3O3S/c16-14(17)10-20-24(22,23)13-5-3-11(4-6-13)15(21)19-9-7-12-2-1-8-18-12/h3-6,12,14,18,20H,1-2,7-10H2,(H,19,21)/t12-/m1/s1. The van der Waals surface area contributed by atoms with Crippen molar-refractivity contribution < 1.29 is 22.0 Å². The summed E-state index contributed by atoms with van der Waals surface area (Å²) in [6.07, 6.45) is 0.331. The van der Waals surface area contributed by atoms with E-state index in [2.05, 4.69) is 10.6 Å². The van der Waals surface area contributed by atoms with Crippen LogP contribution in [-0.4, -0.2) is 46.4 Å². The number of amides is 1. The summed E-state index contributed by atoms with van der Waals surface area (Å²) in [5, 5.41) is 6.12. The third-order valence-corrected chi connectivity index (χ3v) is 5.23. The molecule has 1 saturated heterocycles. The Morgan fingerprint density at radius 2 is 2.00 bits per heavy atom. The highest BCUT2D eigenvalue weighted by Gasteiger charge is 2.17. The minimum absolute atomic E-state index is 0.158. The van der Waals surface area contributed by atoms with Gasteiger partial charge in [0.15, 0.2) is 0 Å². The Balaban J connectivity index is 1.87. The minimum atomic E-state index is -4.00. The van der Waals surface area contributed by atoms with Gasteiger partial charge in [0.1, 0.15) is 0 Å². The molecular weight excluding hydrogens is 340 g/mol. The van der Waals surface area contributed by atoms with E-state index in [1.165, 1.54) is 24.3 Å². The van der Waals surface area contributed by atoms with Crippen LogP contribution in [0.1, 0.15) is 29.6 Å². The van der Waals surface area contributed by atoms with Gasteiger partial charge in [-0.05, 0) is 50.1 Å². The monoisotopic (exact) mass is 361 g/mol. The Labute approximate surface area is 140 Å². The lowest BCUT2D eigenvalue weighted by molar-refractivity contribution is 0.0952. The molecule has 1 heterocycles. The molecule has 0 bridgehead atoms. The molecule has 0 saturated carbocycles. The Hall–Kier alpha value is -1.58. The Morgan fingerprint density at radius 1 is 1.29 bits per heavy atom. The van der Waals surface area contributed by atoms with Gasteiger partial charge < -0.3 is 10.6 Å². The minimum Gasteiger partial charge on any atom is -0.352 e. The highest BCUT2D eigenvalue weighted by molar-refractivity contribution is 7.89. The molecule has 1 aliphatic heterocycles. The van der Waals surface area contributed by atoms with Crippen LogP contribution in [0.5, 0.6) is 0 Å². The van der Waals surface area contributed by atoms with Crippen LogP contribution in [0.25, 0.3) is 0 Å². The van der Waals surface area contributed by atoms with Crippen molar-refractivity contribution in [2.24, 2.45) is 0 Å². The molecule has 3 N–H and O–H groups in total. The van der Waals surface area contributed by atoms with Crippen LogP contribution < -0.4 is 15.4 Å². The number of hydrogen-bond donors (Lipinski definition) is 3. The Bertz CT molecular complexity index is 644. The van der Waals surface area contributed by atoms with E-state index < -0.39 is 23.0 Å². The largest absolute Gasteiger partial charge is 0.352 e. The zero-order chi connectivity index (χ0) is 17.6. The van der Waals surface area contributed by atoms with E-state index in [0.29, 0.717) is 18.2 Å². The predicted octanol–water partition coefficient (Wildman–Crippen LogP) is 1.10. The summed E-state index contributed by atoms with van der Waals surface area (Å²) in [6, 6.07) is 5.60. The average molecular weight is 361 g/mol. The summed E-state index contributed by atoms with van der Waals surface area (Å²) in [5.74, 6) is -0.294. The van der Waals surface area contributed by atoms with Crippen molar-refractivity contribution in [3.8, 4) is 0 Å². The normalized spacial score (nSPS) is 18.0. The van der Waals surface area contributed by atoms with Crippen LogP contribution in [0.4, 0.5) is 8.78 Å². The van der Waals surface area contributed by atoms with Crippen molar-refractivity contribution in [2.45, 2.75) is 36.6 Å². The van der Waals surface area contributed by atoms with Crippen molar-refractivity contribution in [2.75, 3.05) is 19.6 Å². The van der Waals surface area contributed by atoms with Crippen LogP contribution in [0.2, 0.25) is 0 Å². The maximum absolute atomic E-state index is 12.1. The molecule has 134 valence electrons. The lowest BCUT2D eigenvalue weighted by Gasteiger charge is -2.11. The second-order valence-electron chi connectivity index (χ2n) is 5.61. The Morgan fingerprint density at radius 3 is 2.58 bits per heavy atom. The lowest BCUT2D eigenvalue weighted by Crippen LogP contribution is -2.30. The SMILES string of the molecule is O=C(NCC[C@H]1CCCN1)c1ccc(S(=O)(=O)NCC(F)F)cc1. The number of hydrogen-bond acceptors (Lipinski definition) is 4. The number of carbonyl (C=O) groups excluding carboxylic acids is 1. The molecule has 1 aliphatic rings. The van der Waals surface area contributed by atoms with Gasteiger partial charge in [0.25, 0.3) is 12.3 Å². The van der Waals surface area contributed by atoms with E-state index in [4.69, 9.17) is 0 Å². The van der Waals surface area contributed by atoms with E-state index in [1.807, 2.05) is 0 Å². The van der Waals surface area contributed by atoms with Crippen LogP contribution in [0.3, 0.4) is 0 Å². The van der Waals surface area contributed by atoms with Gasteiger partial charge in [-0.2, -0.15) is 0 Å². The summed E-state index contributed by atoms with van der Waals surface area (Å²) in [4.78, 5) is 11.8. The highest BCUT2D eigenvalue weighted by atomic mass is 32.2. The maximum Gasteiger partial charge on any atom is 0.251 e. The first kappa shape index (κ1) is 18.8. The number of rotatable bonds is 8. The summed E-state index contributed by atoms with van der Waals surface area (Å²) >= 11 is 0. The molecule has 0 aliphatic carbocycles. The summed E-state index contributed by atoms with van der Waals surface area (Å²) in [7, 11) is -4.00. The molecule has 0 spiro atoms. The van der Waals surface area contributed by atoms with Crippen LogP contribution in [0, 0.1) is 0 Å². The second kappa shape index (κ2) is 8.50. The number of halogens is 2. The summed E-state index contributed by atoms with van der Waals surface area (Å²) in [5.41, 5.74) is 0.321. The third kappa shape index (κ3) is 5.50. The maximum atomic E-state index is 12.1. The second-order valence-corrected chi connectivity index (χ2v) is 7.37. The van der Waals surface area contributed by atoms with Crippen molar-refractivity contribution in [3.63, 3.8) is 0 Å². The number of benzene rings is 1. The first-order chi connectivity index (χ1) is 11.4. The van der Waals surface area contributed by atoms with Gasteiger partial charge in [-0.1, -0.05) is 0 Å². The molecule has 1 amide bonds. The van der Waals surface area contributed by atoms with Gasteiger partial charge in [0.2, 0.25) is 10.0 Å². The summed E-state index contributed by atoms with van der Waals surface area (Å²) in [6.45, 7) is 0.598. The van der Waals surface area contributed by atoms with E-state index in [-0.39, 0.29) is 10.8 Å². The fourth-order valence-electron chi connectivity index (χ4n) is 2.51.